The minimum absolute atomic E-state index is 0.0442. The van der Waals surface area contributed by atoms with Crippen molar-refractivity contribution in [3.8, 4) is 11.4 Å². The summed E-state index contributed by atoms with van der Waals surface area (Å²) in [7, 11) is 0. The van der Waals surface area contributed by atoms with Gasteiger partial charge < -0.3 is 9.88 Å². The lowest BCUT2D eigenvalue weighted by atomic mass is 10.1. The van der Waals surface area contributed by atoms with Gasteiger partial charge in [-0.1, -0.05) is 73.6 Å². The number of thioether (sulfide) groups is 1. The quantitative estimate of drug-likeness (QED) is 0.576. The SMILES string of the molecule is Cc1ccc(NC(=O)CSc2nnc(-c3ccccc3)n2CC(C)C)c(C)c1. The number of amides is 1. The lowest BCUT2D eigenvalue weighted by Crippen LogP contribution is -2.16. The summed E-state index contributed by atoms with van der Waals surface area (Å²) in [5.74, 6) is 1.53. The van der Waals surface area contributed by atoms with Crippen molar-refractivity contribution >= 4 is 23.4 Å². The molecule has 0 unspecified atom stereocenters. The molecular formula is C22H26N4OS. The molecular weight excluding hydrogens is 368 g/mol. The van der Waals surface area contributed by atoms with Gasteiger partial charge in [-0.2, -0.15) is 0 Å². The largest absolute Gasteiger partial charge is 0.325 e. The van der Waals surface area contributed by atoms with E-state index in [-0.39, 0.29) is 5.91 Å². The number of anilines is 1. The van der Waals surface area contributed by atoms with Crippen molar-refractivity contribution in [2.75, 3.05) is 11.1 Å². The standard InChI is InChI=1S/C22H26N4OS/c1-15(2)13-26-21(18-8-6-5-7-9-18)24-25-22(26)28-14-20(27)23-19-11-10-16(3)12-17(19)4/h5-12,15H,13-14H2,1-4H3,(H,23,27). The van der Waals surface area contributed by atoms with Crippen LogP contribution < -0.4 is 5.32 Å². The summed E-state index contributed by atoms with van der Waals surface area (Å²) in [6.07, 6.45) is 0. The second-order valence-corrected chi connectivity index (χ2v) is 8.27. The van der Waals surface area contributed by atoms with E-state index < -0.39 is 0 Å². The van der Waals surface area contributed by atoms with Crippen molar-refractivity contribution in [2.24, 2.45) is 5.92 Å². The summed E-state index contributed by atoms with van der Waals surface area (Å²) < 4.78 is 2.11. The Labute approximate surface area is 170 Å². The Morgan fingerprint density at radius 1 is 1.11 bits per heavy atom. The van der Waals surface area contributed by atoms with Crippen molar-refractivity contribution in [1.29, 1.82) is 0 Å². The molecule has 146 valence electrons. The molecule has 0 fully saturated rings. The molecule has 0 atom stereocenters. The molecule has 0 saturated carbocycles. The van der Waals surface area contributed by atoms with Gasteiger partial charge in [0.15, 0.2) is 11.0 Å². The van der Waals surface area contributed by atoms with Crippen molar-refractivity contribution in [3.63, 3.8) is 0 Å². The molecule has 0 aliphatic heterocycles. The van der Waals surface area contributed by atoms with Crippen LogP contribution >= 0.6 is 11.8 Å². The molecule has 5 nitrogen and oxygen atoms in total. The maximum atomic E-state index is 12.4. The highest BCUT2D eigenvalue weighted by molar-refractivity contribution is 7.99. The van der Waals surface area contributed by atoms with Crippen LogP contribution in [0.1, 0.15) is 25.0 Å². The van der Waals surface area contributed by atoms with Gasteiger partial charge >= 0.3 is 0 Å². The Morgan fingerprint density at radius 2 is 1.86 bits per heavy atom. The summed E-state index contributed by atoms with van der Waals surface area (Å²) in [5.41, 5.74) is 4.12. The van der Waals surface area contributed by atoms with Crippen molar-refractivity contribution in [1.82, 2.24) is 14.8 Å². The van der Waals surface area contributed by atoms with Gasteiger partial charge in [-0.25, -0.2) is 0 Å². The van der Waals surface area contributed by atoms with E-state index in [1.165, 1.54) is 17.3 Å². The maximum absolute atomic E-state index is 12.4. The molecule has 3 rings (SSSR count). The minimum Gasteiger partial charge on any atom is -0.325 e. The molecule has 1 heterocycles. The number of benzene rings is 2. The summed E-state index contributed by atoms with van der Waals surface area (Å²) in [5, 5.41) is 12.5. The Hall–Kier alpha value is -2.60. The van der Waals surface area contributed by atoms with Crippen molar-refractivity contribution < 1.29 is 4.79 Å². The Balaban J connectivity index is 1.73. The monoisotopic (exact) mass is 394 g/mol. The molecule has 0 saturated heterocycles. The first-order valence-corrected chi connectivity index (χ1v) is 10.4. The maximum Gasteiger partial charge on any atom is 0.234 e. The molecule has 1 amide bonds. The predicted molar refractivity (Wildman–Crippen MR) is 116 cm³/mol. The molecule has 3 aromatic rings. The first-order valence-electron chi connectivity index (χ1n) is 9.42. The summed E-state index contributed by atoms with van der Waals surface area (Å²) >= 11 is 1.42. The van der Waals surface area contributed by atoms with Crippen LogP contribution in [0.4, 0.5) is 5.69 Å². The number of nitrogens with one attached hydrogen (secondary N) is 1. The van der Waals surface area contributed by atoms with E-state index in [2.05, 4.69) is 40.0 Å². The number of hydrogen-bond acceptors (Lipinski definition) is 4. The van der Waals surface area contributed by atoms with E-state index in [1.807, 2.05) is 56.3 Å². The Morgan fingerprint density at radius 3 is 2.54 bits per heavy atom. The molecule has 6 heteroatoms. The molecule has 1 N–H and O–H groups in total. The fraction of sp³-hybridized carbons (Fsp3) is 0.318. The van der Waals surface area contributed by atoms with E-state index in [0.717, 1.165) is 34.3 Å². The van der Waals surface area contributed by atoms with Crippen LogP contribution in [0.15, 0.2) is 53.7 Å². The molecule has 28 heavy (non-hydrogen) atoms. The molecule has 0 bridgehead atoms. The predicted octanol–water partition coefficient (Wildman–Crippen LogP) is 4.95. The van der Waals surface area contributed by atoms with Gasteiger partial charge in [-0.05, 0) is 31.4 Å². The van der Waals surface area contributed by atoms with Gasteiger partial charge in [-0.3, -0.25) is 4.79 Å². The van der Waals surface area contributed by atoms with Gasteiger partial charge in [0.1, 0.15) is 0 Å². The zero-order valence-corrected chi connectivity index (χ0v) is 17.6. The van der Waals surface area contributed by atoms with Gasteiger partial charge in [0.2, 0.25) is 5.91 Å². The smallest absolute Gasteiger partial charge is 0.234 e. The highest BCUT2D eigenvalue weighted by Gasteiger charge is 2.16. The molecule has 2 aromatic carbocycles. The van der Waals surface area contributed by atoms with E-state index in [4.69, 9.17) is 0 Å². The van der Waals surface area contributed by atoms with Crippen molar-refractivity contribution in [2.45, 2.75) is 39.4 Å². The average Bonchev–Trinajstić information content (AvgIpc) is 3.05. The third kappa shape index (κ3) is 5.01. The molecule has 0 radical (unpaired) electrons. The van der Waals surface area contributed by atoms with Gasteiger partial charge in [-0.15, -0.1) is 10.2 Å². The van der Waals surface area contributed by atoms with Gasteiger partial charge in [0, 0.05) is 17.8 Å². The fourth-order valence-electron chi connectivity index (χ4n) is 3.00. The normalized spacial score (nSPS) is 11.0. The summed E-state index contributed by atoms with van der Waals surface area (Å²) in [4.78, 5) is 12.4. The number of rotatable bonds is 7. The highest BCUT2D eigenvalue weighted by Crippen LogP contribution is 2.25. The Bertz CT molecular complexity index is 950. The number of aromatic nitrogens is 3. The summed E-state index contributed by atoms with van der Waals surface area (Å²) in [6, 6.07) is 16.0. The third-order valence-corrected chi connectivity index (χ3v) is 5.25. The topological polar surface area (TPSA) is 59.8 Å². The highest BCUT2D eigenvalue weighted by atomic mass is 32.2. The second-order valence-electron chi connectivity index (χ2n) is 7.33. The Kier molecular flexibility index (Phi) is 6.52. The van der Waals surface area contributed by atoms with Crippen LogP contribution in [-0.2, 0) is 11.3 Å². The third-order valence-electron chi connectivity index (χ3n) is 4.28. The number of carbonyl (C=O) groups is 1. The van der Waals surface area contributed by atoms with Crippen LogP contribution in [-0.4, -0.2) is 26.4 Å². The van der Waals surface area contributed by atoms with E-state index in [0.29, 0.717) is 11.7 Å². The fourth-order valence-corrected chi connectivity index (χ4v) is 3.74. The lowest BCUT2D eigenvalue weighted by Gasteiger charge is -2.13. The molecule has 0 aliphatic carbocycles. The van der Waals surface area contributed by atoms with E-state index in [9.17, 15) is 4.79 Å². The number of hydrogen-bond donors (Lipinski definition) is 1. The molecule has 0 spiro atoms. The first-order chi connectivity index (χ1) is 13.4. The van der Waals surface area contributed by atoms with Crippen LogP contribution in [0, 0.1) is 19.8 Å². The van der Waals surface area contributed by atoms with Gasteiger partial charge in [0.05, 0.1) is 5.75 Å². The molecule has 1 aromatic heterocycles. The second kappa shape index (κ2) is 9.06. The van der Waals surface area contributed by atoms with Crippen LogP contribution in [0.25, 0.3) is 11.4 Å². The van der Waals surface area contributed by atoms with Crippen LogP contribution in [0.2, 0.25) is 0 Å². The van der Waals surface area contributed by atoms with Crippen LogP contribution in [0.5, 0.6) is 0 Å². The molecule has 0 aliphatic rings. The van der Waals surface area contributed by atoms with E-state index >= 15 is 0 Å². The minimum atomic E-state index is -0.0442. The zero-order chi connectivity index (χ0) is 20.1. The summed E-state index contributed by atoms with van der Waals surface area (Å²) in [6.45, 7) is 9.17. The number of nitrogens with zero attached hydrogens (tertiary/aromatic N) is 3. The van der Waals surface area contributed by atoms with Crippen LogP contribution in [0.3, 0.4) is 0 Å². The first kappa shape index (κ1) is 20.1. The van der Waals surface area contributed by atoms with E-state index in [1.54, 1.807) is 0 Å². The number of aryl methyl sites for hydroxylation is 2. The average molecular weight is 395 g/mol. The number of carbonyl (C=O) groups excluding carboxylic acids is 1. The van der Waals surface area contributed by atoms with Crippen molar-refractivity contribution in [3.05, 3.63) is 59.7 Å². The zero-order valence-electron chi connectivity index (χ0n) is 16.8. The lowest BCUT2D eigenvalue weighted by molar-refractivity contribution is -0.113. The van der Waals surface area contributed by atoms with Gasteiger partial charge in [0.25, 0.3) is 0 Å².